The van der Waals surface area contributed by atoms with Crippen molar-refractivity contribution < 1.29 is 13.2 Å². The highest BCUT2D eigenvalue weighted by molar-refractivity contribution is 7.90. The molecule has 0 aliphatic rings. The van der Waals surface area contributed by atoms with E-state index in [4.69, 9.17) is 0 Å². The van der Waals surface area contributed by atoms with Gasteiger partial charge in [-0.2, -0.15) is 5.26 Å². The van der Waals surface area contributed by atoms with Crippen molar-refractivity contribution >= 4 is 26.5 Å². The smallest absolute Gasteiger partial charge is 0.200 e. The van der Waals surface area contributed by atoms with E-state index in [1.165, 1.54) is 18.3 Å². The molecular formula is C26H20N2O4S. The number of carbonyl (C=O) groups is 1. The molecule has 0 saturated heterocycles. The third-order valence-electron chi connectivity index (χ3n) is 5.47. The highest BCUT2D eigenvalue weighted by atomic mass is 32.2. The zero-order valence-corrected chi connectivity index (χ0v) is 18.9. The highest BCUT2D eigenvalue weighted by Crippen LogP contribution is 2.19. The molecule has 0 bridgehead atoms. The molecule has 0 spiro atoms. The molecule has 0 saturated carbocycles. The Bertz CT molecular complexity index is 1590. The summed E-state index contributed by atoms with van der Waals surface area (Å²) in [6.07, 6.45) is 2.65. The molecule has 0 amide bonds. The van der Waals surface area contributed by atoms with Crippen LogP contribution in [0.25, 0.3) is 10.9 Å². The molecule has 1 aromatic heterocycles. The van der Waals surface area contributed by atoms with Gasteiger partial charge in [0.1, 0.15) is 0 Å². The van der Waals surface area contributed by atoms with Crippen molar-refractivity contribution in [3.05, 3.63) is 111 Å². The van der Waals surface area contributed by atoms with Crippen molar-refractivity contribution in [3.63, 3.8) is 0 Å². The fourth-order valence-electron chi connectivity index (χ4n) is 3.65. The van der Waals surface area contributed by atoms with Crippen LogP contribution in [-0.4, -0.2) is 25.0 Å². The summed E-state index contributed by atoms with van der Waals surface area (Å²) in [4.78, 5) is 26.6. The van der Waals surface area contributed by atoms with Crippen LogP contribution in [-0.2, 0) is 16.4 Å². The van der Waals surface area contributed by atoms with E-state index >= 15 is 0 Å². The summed E-state index contributed by atoms with van der Waals surface area (Å²) in [5.74, 6) is -0.382. The lowest BCUT2D eigenvalue weighted by Crippen LogP contribution is -2.20. The SMILES string of the molecule is Cc1ccc(C(=O)c2cn(Cc3ccc(S(C)(=O)=O)cc3)c3cc(C#N)ccc3c2=O)cc1. The molecule has 4 aromatic rings. The predicted molar refractivity (Wildman–Crippen MR) is 126 cm³/mol. The minimum atomic E-state index is -3.32. The Morgan fingerprint density at radius 1 is 1.00 bits per heavy atom. The lowest BCUT2D eigenvalue weighted by molar-refractivity contribution is 0.103. The lowest BCUT2D eigenvalue weighted by atomic mass is 10.0. The second kappa shape index (κ2) is 8.49. The third-order valence-corrected chi connectivity index (χ3v) is 6.60. The number of aryl methyl sites for hydroxylation is 1. The van der Waals surface area contributed by atoms with Gasteiger partial charge < -0.3 is 4.57 Å². The van der Waals surface area contributed by atoms with Crippen LogP contribution in [0, 0.1) is 18.3 Å². The number of carbonyl (C=O) groups excluding carboxylic acids is 1. The largest absolute Gasteiger partial charge is 0.342 e. The summed E-state index contributed by atoms with van der Waals surface area (Å²) >= 11 is 0. The molecule has 6 nitrogen and oxygen atoms in total. The number of sulfone groups is 1. The van der Waals surface area contributed by atoms with Crippen molar-refractivity contribution in [1.82, 2.24) is 4.57 Å². The van der Waals surface area contributed by atoms with E-state index in [2.05, 4.69) is 6.07 Å². The molecule has 0 unspecified atom stereocenters. The van der Waals surface area contributed by atoms with Crippen LogP contribution in [0.5, 0.6) is 0 Å². The molecule has 7 heteroatoms. The van der Waals surface area contributed by atoms with Crippen LogP contribution in [0.3, 0.4) is 0 Å². The van der Waals surface area contributed by atoms with E-state index in [-0.39, 0.29) is 22.8 Å². The Balaban J connectivity index is 1.87. The van der Waals surface area contributed by atoms with Gasteiger partial charge in [0, 0.05) is 29.9 Å². The van der Waals surface area contributed by atoms with Gasteiger partial charge in [-0.25, -0.2) is 8.42 Å². The summed E-state index contributed by atoms with van der Waals surface area (Å²) in [6.45, 7) is 2.20. The zero-order valence-electron chi connectivity index (χ0n) is 18.1. The molecule has 1 heterocycles. The molecule has 4 rings (SSSR count). The van der Waals surface area contributed by atoms with E-state index < -0.39 is 15.3 Å². The van der Waals surface area contributed by atoms with E-state index in [0.717, 1.165) is 17.4 Å². The van der Waals surface area contributed by atoms with Gasteiger partial charge in [0.15, 0.2) is 15.6 Å². The number of nitrogens with zero attached hydrogens (tertiary/aromatic N) is 2. The summed E-state index contributed by atoms with van der Waals surface area (Å²) in [6, 6.07) is 20.2. The Morgan fingerprint density at radius 3 is 2.27 bits per heavy atom. The normalized spacial score (nSPS) is 11.3. The second-order valence-electron chi connectivity index (χ2n) is 7.95. The number of pyridine rings is 1. The van der Waals surface area contributed by atoms with E-state index in [1.54, 1.807) is 47.0 Å². The van der Waals surface area contributed by atoms with E-state index in [0.29, 0.717) is 22.0 Å². The van der Waals surface area contributed by atoms with Crippen LogP contribution in [0.1, 0.15) is 32.6 Å². The lowest BCUT2D eigenvalue weighted by Gasteiger charge is -2.14. The van der Waals surface area contributed by atoms with Crippen molar-refractivity contribution in [2.75, 3.05) is 6.26 Å². The molecule has 0 aliphatic heterocycles. The Labute approximate surface area is 191 Å². The van der Waals surface area contributed by atoms with Gasteiger partial charge in [0.2, 0.25) is 5.43 Å². The standard InChI is InChI=1S/C26H20N2O4S/c1-17-3-8-20(9-4-17)25(29)23-16-28(15-18-5-10-21(11-6-18)33(2,31)32)24-13-19(14-27)7-12-22(24)26(23)30/h3-13,16H,15H2,1-2H3. The number of benzene rings is 3. The van der Waals surface area contributed by atoms with Gasteiger partial charge in [-0.05, 0) is 42.8 Å². The number of rotatable bonds is 5. The van der Waals surface area contributed by atoms with Crippen LogP contribution in [0.2, 0.25) is 0 Å². The minimum absolute atomic E-state index is 0.0313. The number of aromatic nitrogens is 1. The van der Waals surface area contributed by atoms with Gasteiger partial charge in [-0.15, -0.1) is 0 Å². The molecule has 0 N–H and O–H groups in total. The number of fused-ring (bicyclic) bond motifs is 1. The van der Waals surface area contributed by atoms with Gasteiger partial charge >= 0.3 is 0 Å². The first-order valence-corrected chi connectivity index (χ1v) is 12.0. The van der Waals surface area contributed by atoms with Crippen LogP contribution in [0.4, 0.5) is 0 Å². The molecule has 0 radical (unpaired) electrons. The molecule has 0 aliphatic carbocycles. The Morgan fingerprint density at radius 2 is 1.67 bits per heavy atom. The Kier molecular flexibility index (Phi) is 5.71. The maximum Gasteiger partial charge on any atom is 0.200 e. The number of hydrogen-bond acceptors (Lipinski definition) is 5. The summed E-state index contributed by atoms with van der Waals surface area (Å²) in [7, 11) is -3.32. The van der Waals surface area contributed by atoms with Crippen molar-refractivity contribution in [1.29, 1.82) is 5.26 Å². The monoisotopic (exact) mass is 456 g/mol. The zero-order chi connectivity index (χ0) is 23.8. The van der Waals surface area contributed by atoms with Crippen LogP contribution in [0.15, 0.2) is 82.6 Å². The summed E-state index contributed by atoms with van der Waals surface area (Å²) < 4.78 is 25.2. The van der Waals surface area contributed by atoms with Gasteiger partial charge in [-0.3, -0.25) is 9.59 Å². The van der Waals surface area contributed by atoms with E-state index in [9.17, 15) is 23.3 Å². The average molecular weight is 457 g/mol. The second-order valence-corrected chi connectivity index (χ2v) is 9.97. The Hall–Kier alpha value is -4.02. The first-order valence-electron chi connectivity index (χ1n) is 10.1. The summed E-state index contributed by atoms with van der Waals surface area (Å²) in [5.41, 5.74) is 2.74. The summed E-state index contributed by atoms with van der Waals surface area (Å²) in [5, 5.41) is 9.65. The predicted octanol–water partition coefficient (Wildman–Crippen LogP) is 3.86. The molecule has 164 valence electrons. The quantitative estimate of drug-likeness (QED) is 0.425. The highest BCUT2D eigenvalue weighted by Gasteiger charge is 2.18. The van der Waals surface area contributed by atoms with Gasteiger partial charge in [-0.1, -0.05) is 42.0 Å². The maximum atomic E-state index is 13.2. The fourth-order valence-corrected chi connectivity index (χ4v) is 4.28. The maximum absolute atomic E-state index is 13.2. The topological polar surface area (TPSA) is 97.0 Å². The van der Waals surface area contributed by atoms with Crippen LogP contribution < -0.4 is 5.43 Å². The number of nitriles is 1. The molecule has 33 heavy (non-hydrogen) atoms. The van der Waals surface area contributed by atoms with E-state index in [1.807, 2.05) is 19.1 Å². The fraction of sp³-hybridized carbons (Fsp3) is 0.115. The molecule has 0 atom stereocenters. The van der Waals surface area contributed by atoms with Crippen molar-refractivity contribution in [2.45, 2.75) is 18.4 Å². The molecule has 3 aromatic carbocycles. The van der Waals surface area contributed by atoms with Gasteiger partial charge in [0.25, 0.3) is 0 Å². The number of hydrogen-bond donors (Lipinski definition) is 0. The van der Waals surface area contributed by atoms with Gasteiger partial charge in [0.05, 0.1) is 27.6 Å². The first-order chi connectivity index (χ1) is 15.7. The number of ketones is 1. The third kappa shape index (κ3) is 4.47. The van der Waals surface area contributed by atoms with Crippen LogP contribution >= 0.6 is 0 Å². The minimum Gasteiger partial charge on any atom is -0.342 e. The average Bonchev–Trinajstić information content (AvgIpc) is 2.80. The van der Waals surface area contributed by atoms with Crippen molar-refractivity contribution in [2.24, 2.45) is 0 Å². The molecule has 0 fully saturated rings. The van der Waals surface area contributed by atoms with Crippen molar-refractivity contribution in [3.8, 4) is 6.07 Å². The molecular weight excluding hydrogens is 436 g/mol. The first kappa shape index (κ1) is 22.2.